The van der Waals surface area contributed by atoms with Crippen LogP contribution < -0.4 is 5.46 Å². The van der Waals surface area contributed by atoms with Gasteiger partial charge < -0.3 is 5.02 Å². The van der Waals surface area contributed by atoms with Gasteiger partial charge in [-0.05, 0) is 35.1 Å². The van der Waals surface area contributed by atoms with Crippen LogP contribution in [0.4, 0.5) is 4.39 Å². The molecular formula is C11H8BFN2O3S2. The molecule has 2 heterocycles. The summed E-state index contributed by atoms with van der Waals surface area (Å²) in [5, 5.41) is 15.7. The van der Waals surface area contributed by atoms with Gasteiger partial charge in [0.25, 0.3) is 10.0 Å². The highest BCUT2D eigenvalue weighted by Crippen LogP contribution is 2.20. The Kier molecular flexibility index (Phi) is 3.11. The first-order valence-corrected chi connectivity index (χ1v) is 7.91. The predicted octanol–water partition coefficient (Wildman–Crippen LogP) is 0.613. The minimum atomic E-state index is -4.03. The van der Waals surface area contributed by atoms with E-state index in [9.17, 15) is 17.8 Å². The number of benzene rings is 1. The lowest BCUT2D eigenvalue weighted by atomic mass is 9.75. The van der Waals surface area contributed by atoms with E-state index in [1.807, 2.05) is 0 Å². The van der Waals surface area contributed by atoms with E-state index in [1.54, 1.807) is 11.4 Å². The fraction of sp³-hybridized carbons (Fsp3) is 0. The number of nitrogens with zero attached hydrogens (tertiary/aromatic N) is 2. The van der Waals surface area contributed by atoms with Crippen LogP contribution in [0.25, 0.3) is 0 Å². The molecule has 2 aromatic rings. The molecule has 0 saturated heterocycles. The van der Waals surface area contributed by atoms with Crippen molar-refractivity contribution >= 4 is 40.1 Å². The zero-order chi connectivity index (χ0) is 14.3. The van der Waals surface area contributed by atoms with Gasteiger partial charge in [0.1, 0.15) is 5.82 Å². The molecule has 0 saturated carbocycles. The van der Waals surface area contributed by atoms with Gasteiger partial charge in [0.15, 0.2) is 0 Å². The largest absolute Gasteiger partial charge is 0.485 e. The summed E-state index contributed by atoms with van der Waals surface area (Å²) in [5.74, 6) is -0.535. The van der Waals surface area contributed by atoms with E-state index < -0.39 is 22.9 Å². The van der Waals surface area contributed by atoms with Crippen molar-refractivity contribution in [1.29, 1.82) is 0 Å². The first-order chi connectivity index (χ1) is 9.50. The van der Waals surface area contributed by atoms with E-state index in [-0.39, 0.29) is 4.90 Å². The Bertz CT molecular complexity index is 773. The van der Waals surface area contributed by atoms with Crippen LogP contribution in [0, 0.1) is 5.82 Å². The summed E-state index contributed by atoms with van der Waals surface area (Å²) in [4.78, 5) is 0.580. The first-order valence-electron chi connectivity index (χ1n) is 5.59. The third-order valence-corrected chi connectivity index (χ3v) is 5.38. The standard InChI is InChI=1S/C11H8BFN2O3S2/c13-8-1-3-9(4-2-8)20(17,18)15-12(16)10-5-6-19-11(10)7-14-15/h1-7,16H. The third-order valence-electron chi connectivity index (χ3n) is 2.86. The summed E-state index contributed by atoms with van der Waals surface area (Å²) >= 11 is 1.36. The smallest absolute Gasteiger partial charge is 0.427 e. The van der Waals surface area contributed by atoms with Crippen LogP contribution in [-0.2, 0) is 10.0 Å². The molecule has 3 rings (SSSR count). The molecule has 1 aromatic carbocycles. The van der Waals surface area contributed by atoms with Gasteiger partial charge in [-0.3, -0.25) is 0 Å². The number of thiophene rings is 1. The monoisotopic (exact) mass is 310 g/mol. The second-order valence-electron chi connectivity index (χ2n) is 4.09. The molecule has 0 amide bonds. The second-order valence-corrected chi connectivity index (χ2v) is 6.83. The van der Waals surface area contributed by atoms with Crippen LogP contribution in [0.3, 0.4) is 0 Å². The maximum atomic E-state index is 12.9. The van der Waals surface area contributed by atoms with Crippen LogP contribution in [0.5, 0.6) is 0 Å². The van der Waals surface area contributed by atoms with Gasteiger partial charge in [0, 0.05) is 4.88 Å². The molecule has 1 aliphatic heterocycles. The maximum absolute atomic E-state index is 12.9. The summed E-state index contributed by atoms with van der Waals surface area (Å²) in [7, 11) is -5.40. The molecule has 102 valence electrons. The number of rotatable bonds is 2. The number of fused-ring (bicyclic) bond motifs is 1. The van der Waals surface area contributed by atoms with Crippen molar-refractivity contribution in [2.45, 2.75) is 4.90 Å². The van der Waals surface area contributed by atoms with Gasteiger partial charge in [-0.2, -0.15) is 9.43 Å². The lowest BCUT2D eigenvalue weighted by Crippen LogP contribution is -2.51. The van der Waals surface area contributed by atoms with E-state index >= 15 is 0 Å². The first kappa shape index (κ1) is 13.3. The molecule has 1 aliphatic rings. The molecule has 0 unspecified atom stereocenters. The quantitative estimate of drug-likeness (QED) is 0.827. The summed E-state index contributed by atoms with van der Waals surface area (Å²) in [6.07, 6.45) is 1.38. The molecule has 20 heavy (non-hydrogen) atoms. The Hall–Kier alpha value is -1.71. The van der Waals surface area contributed by atoms with Crippen molar-refractivity contribution in [1.82, 2.24) is 4.33 Å². The fourth-order valence-corrected chi connectivity index (χ4v) is 3.87. The Labute approximate surface area is 119 Å². The molecule has 1 N–H and O–H groups in total. The summed E-state index contributed by atoms with van der Waals surface area (Å²) in [6.45, 7) is 0. The molecule has 0 radical (unpaired) electrons. The van der Waals surface area contributed by atoms with Gasteiger partial charge in [-0.15, -0.1) is 11.3 Å². The minimum Gasteiger partial charge on any atom is -0.427 e. The SMILES string of the molecule is O=S(=O)(c1ccc(F)cc1)N1N=Cc2sccc2B1O. The van der Waals surface area contributed by atoms with Crippen LogP contribution in [-0.4, -0.2) is 31.0 Å². The molecule has 0 aliphatic carbocycles. The zero-order valence-corrected chi connectivity index (χ0v) is 11.6. The van der Waals surface area contributed by atoms with Crippen LogP contribution in [0.15, 0.2) is 45.7 Å². The molecule has 0 spiro atoms. The lowest BCUT2D eigenvalue weighted by molar-refractivity contribution is 0.476. The molecule has 9 heteroatoms. The third kappa shape index (κ3) is 2.03. The van der Waals surface area contributed by atoms with Gasteiger partial charge >= 0.3 is 7.05 Å². The summed E-state index contributed by atoms with van der Waals surface area (Å²) in [5.41, 5.74) is 0.482. The minimum absolute atomic E-state index is 0.131. The van der Waals surface area contributed by atoms with Gasteiger partial charge in [0.2, 0.25) is 0 Å². The molecule has 0 bridgehead atoms. The Balaban J connectivity index is 2.03. The number of hydrogen-bond donors (Lipinski definition) is 1. The molecule has 5 nitrogen and oxygen atoms in total. The van der Waals surface area contributed by atoms with Crippen molar-refractivity contribution in [2.75, 3.05) is 0 Å². The summed E-state index contributed by atoms with van der Waals surface area (Å²) < 4.78 is 38.2. The average molecular weight is 310 g/mol. The van der Waals surface area contributed by atoms with E-state index in [1.165, 1.54) is 17.6 Å². The Morgan fingerprint density at radius 3 is 2.65 bits per heavy atom. The van der Waals surface area contributed by atoms with Gasteiger partial charge in [0.05, 0.1) is 11.1 Å². The lowest BCUT2D eigenvalue weighted by Gasteiger charge is -2.24. The molecule has 0 atom stereocenters. The number of sulfonamides is 1. The zero-order valence-electron chi connectivity index (χ0n) is 9.97. The molecule has 1 aromatic heterocycles. The topological polar surface area (TPSA) is 70.0 Å². The van der Waals surface area contributed by atoms with E-state index in [0.717, 1.165) is 24.3 Å². The van der Waals surface area contributed by atoms with Gasteiger partial charge in [-0.1, -0.05) is 6.07 Å². The number of hydrogen-bond acceptors (Lipinski definition) is 5. The van der Waals surface area contributed by atoms with Crippen molar-refractivity contribution < 1.29 is 17.8 Å². The highest BCUT2D eigenvalue weighted by Gasteiger charge is 2.38. The van der Waals surface area contributed by atoms with Crippen LogP contribution >= 0.6 is 11.3 Å². The summed E-state index contributed by atoms with van der Waals surface area (Å²) in [6, 6.07) is 6.00. The van der Waals surface area contributed by atoms with Crippen molar-refractivity contribution in [3.63, 3.8) is 0 Å². The number of hydrazone groups is 1. The average Bonchev–Trinajstić information content (AvgIpc) is 2.88. The predicted molar refractivity (Wildman–Crippen MR) is 74.9 cm³/mol. The fourth-order valence-electron chi connectivity index (χ4n) is 1.85. The van der Waals surface area contributed by atoms with E-state index in [4.69, 9.17) is 0 Å². The highest BCUT2D eigenvalue weighted by atomic mass is 32.2. The van der Waals surface area contributed by atoms with Crippen LogP contribution in [0.2, 0.25) is 0 Å². The maximum Gasteiger partial charge on any atom is 0.485 e. The second kappa shape index (κ2) is 4.69. The van der Waals surface area contributed by atoms with Crippen molar-refractivity contribution in [3.8, 4) is 0 Å². The normalized spacial score (nSPS) is 14.5. The Morgan fingerprint density at radius 1 is 1.25 bits per heavy atom. The molecule has 0 fully saturated rings. The number of halogens is 1. The van der Waals surface area contributed by atoms with E-state index in [0.29, 0.717) is 14.7 Å². The van der Waals surface area contributed by atoms with Crippen molar-refractivity contribution in [3.05, 3.63) is 46.4 Å². The van der Waals surface area contributed by atoms with Crippen molar-refractivity contribution in [2.24, 2.45) is 5.10 Å². The van der Waals surface area contributed by atoms with Gasteiger partial charge in [-0.25, -0.2) is 12.8 Å². The van der Waals surface area contributed by atoms with E-state index in [2.05, 4.69) is 5.10 Å². The molecular weight excluding hydrogens is 302 g/mol. The van der Waals surface area contributed by atoms with Crippen LogP contribution in [0.1, 0.15) is 4.88 Å². The Morgan fingerprint density at radius 2 is 1.95 bits per heavy atom. The highest BCUT2D eigenvalue weighted by molar-refractivity contribution is 7.90.